The molecule has 1 amide bonds. The number of alkyl halides is 3. The summed E-state index contributed by atoms with van der Waals surface area (Å²) in [5.41, 5.74) is -1.32. The first-order valence-corrected chi connectivity index (χ1v) is 7.51. The zero-order valence-corrected chi connectivity index (χ0v) is 12.9. The maximum Gasteiger partial charge on any atom is 0.416 e. The van der Waals surface area contributed by atoms with Gasteiger partial charge in [0.1, 0.15) is 11.7 Å². The molecule has 0 aliphatic carbocycles. The number of halogens is 3. The summed E-state index contributed by atoms with van der Waals surface area (Å²) in [6.07, 6.45) is -2.07. The van der Waals surface area contributed by atoms with Gasteiger partial charge in [-0.05, 0) is 18.2 Å². The van der Waals surface area contributed by atoms with Gasteiger partial charge in [0, 0.05) is 31.4 Å². The lowest BCUT2D eigenvalue weighted by Crippen LogP contribution is -2.34. The first-order chi connectivity index (χ1) is 11.8. The molecule has 25 heavy (non-hydrogen) atoms. The van der Waals surface area contributed by atoms with E-state index >= 15 is 0 Å². The number of pyridine rings is 2. The largest absolute Gasteiger partial charge is 0.472 e. The fourth-order valence-electron chi connectivity index (χ4n) is 2.59. The van der Waals surface area contributed by atoms with Crippen molar-refractivity contribution in [1.82, 2.24) is 14.9 Å². The molecule has 0 bridgehead atoms. The number of carbonyl (C=O) groups excluding carboxylic acids is 1. The van der Waals surface area contributed by atoms with Gasteiger partial charge in [0.2, 0.25) is 5.88 Å². The van der Waals surface area contributed by atoms with Gasteiger partial charge < -0.3 is 14.6 Å². The fraction of sp³-hybridized carbons (Fsp3) is 0.312. The van der Waals surface area contributed by atoms with Gasteiger partial charge in [-0.1, -0.05) is 0 Å². The number of amides is 1. The van der Waals surface area contributed by atoms with Crippen molar-refractivity contribution in [2.45, 2.75) is 18.7 Å². The molecule has 1 atom stereocenters. The van der Waals surface area contributed by atoms with E-state index in [1.807, 2.05) is 0 Å². The molecule has 1 unspecified atom stereocenters. The molecule has 2 aromatic rings. The number of hydrogen-bond acceptors (Lipinski definition) is 4. The van der Waals surface area contributed by atoms with E-state index in [9.17, 15) is 22.8 Å². The second-order valence-electron chi connectivity index (χ2n) is 5.57. The van der Waals surface area contributed by atoms with Crippen LogP contribution in [0, 0.1) is 0 Å². The molecule has 6 nitrogen and oxygen atoms in total. The van der Waals surface area contributed by atoms with Gasteiger partial charge in [0.25, 0.3) is 11.5 Å². The second kappa shape index (κ2) is 6.58. The number of carbonyl (C=O) groups is 1. The molecule has 9 heteroatoms. The van der Waals surface area contributed by atoms with Crippen molar-refractivity contribution in [2.24, 2.45) is 0 Å². The number of aromatic amines is 1. The van der Waals surface area contributed by atoms with Gasteiger partial charge in [-0.3, -0.25) is 9.59 Å². The molecule has 0 radical (unpaired) electrons. The number of H-pyrrole nitrogens is 1. The van der Waals surface area contributed by atoms with Gasteiger partial charge in [-0.2, -0.15) is 13.2 Å². The quantitative estimate of drug-likeness (QED) is 0.917. The van der Waals surface area contributed by atoms with Crippen LogP contribution in [0.15, 0.2) is 41.5 Å². The minimum atomic E-state index is -4.48. The van der Waals surface area contributed by atoms with Crippen molar-refractivity contribution in [1.29, 1.82) is 0 Å². The summed E-state index contributed by atoms with van der Waals surface area (Å²) in [4.78, 5) is 31.6. The Hall–Kier alpha value is -2.84. The summed E-state index contributed by atoms with van der Waals surface area (Å²) in [5, 5.41) is 0. The predicted octanol–water partition coefficient (Wildman–Crippen LogP) is 2.08. The average molecular weight is 353 g/mol. The molecule has 0 aromatic carbocycles. The number of likely N-dealkylation sites (tertiary alicyclic amines) is 1. The summed E-state index contributed by atoms with van der Waals surface area (Å²) in [6.45, 7) is 0.516. The van der Waals surface area contributed by atoms with Crippen LogP contribution in [-0.4, -0.2) is 40.0 Å². The Labute approximate surface area is 140 Å². The van der Waals surface area contributed by atoms with Gasteiger partial charge in [-0.15, -0.1) is 0 Å². The molecule has 1 aliphatic rings. The first kappa shape index (κ1) is 17.0. The highest BCUT2D eigenvalue weighted by atomic mass is 19.4. The van der Waals surface area contributed by atoms with E-state index in [4.69, 9.17) is 4.74 Å². The number of rotatable bonds is 3. The molecular weight excluding hydrogens is 339 g/mol. The number of nitrogens with one attached hydrogen (secondary N) is 1. The van der Waals surface area contributed by atoms with Gasteiger partial charge in [0.15, 0.2) is 0 Å². The van der Waals surface area contributed by atoms with Crippen molar-refractivity contribution in [3.63, 3.8) is 0 Å². The van der Waals surface area contributed by atoms with Gasteiger partial charge in [0.05, 0.1) is 12.1 Å². The number of aromatic nitrogens is 2. The molecule has 1 N–H and O–H groups in total. The smallest absolute Gasteiger partial charge is 0.416 e. The van der Waals surface area contributed by atoms with E-state index in [1.165, 1.54) is 17.2 Å². The Balaban J connectivity index is 1.67. The van der Waals surface area contributed by atoms with E-state index in [2.05, 4.69) is 9.97 Å². The van der Waals surface area contributed by atoms with Crippen LogP contribution in [0.5, 0.6) is 5.88 Å². The molecular formula is C16H14F3N3O3. The fourth-order valence-corrected chi connectivity index (χ4v) is 2.59. The van der Waals surface area contributed by atoms with Crippen LogP contribution in [0.4, 0.5) is 13.2 Å². The topological polar surface area (TPSA) is 75.3 Å². The molecule has 1 saturated heterocycles. The summed E-state index contributed by atoms with van der Waals surface area (Å²) < 4.78 is 43.6. The lowest BCUT2D eigenvalue weighted by atomic mass is 10.2. The molecule has 0 spiro atoms. The van der Waals surface area contributed by atoms with Crippen molar-refractivity contribution >= 4 is 5.91 Å². The lowest BCUT2D eigenvalue weighted by Gasteiger charge is -2.17. The van der Waals surface area contributed by atoms with Crippen LogP contribution in [0.25, 0.3) is 0 Å². The molecule has 3 rings (SSSR count). The van der Waals surface area contributed by atoms with Crippen LogP contribution >= 0.6 is 0 Å². The SMILES string of the molecule is O=C(c1ccc[nH]c1=O)N1CCC(Oc2cc(C(F)(F)F)ccn2)C1. The zero-order chi connectivity index (χ0) is 18.0. The highest BCUT2D eigenvalue weighted by Crippen LogP contribution is 2.31. The Morgan fingerprint density at radius 2 is 2.16 bits per heavy atom. The second-order valence-corrected chi connectivity index (χ2v) is 5.57. The first-order valence-electron chi connectivity index (χ1n) is 7.51. The summed E-state index contributed by atoms with van der Waals surface area (Å²) in [5.74, 6) is -0.586. The minimum Gasteiger partial charge on any atom is -0.472 e. The Kier molecular flexibility index (Phi) is 4.47. The van der Waals surface area contributed by atoms with Crippen molar-refractivity contribution in [2.75, 3.05) is 13.1 Å². The Morgan fingerprint density at radius 1 is 1.36 bits per heavy atom. The highest BCUT2D eigenvalue weighted by molar-refractivity contribution is 5.94. The van der Waals surface area contributed by atoms with E-state index in [-0.39, 0.29) is 18.0 Å². The van der Waals surface area contributed by atoms with Crippen LogP contribution in [-0.2, 0) is 6.18 Å². The highest BCUT2D eigenvalue weighted by Gasteiger charge is 2.32. The Bertz CT molecular complexity index is 835. The molecule has 1 aliphatic heterocycles. The van der Waals surface area contributed by atoms with Crippen molar-refractivity contribution in [3.8, 4) is 5.88 Å². The predicted molar refractivity (Wildman–Crippen MR) is 81.2 cm³/mol. The minimum absolute atomic E-state index is 0.0142. The maximum absolute atomic E-state index is 12.7. The molecule has 132 valence electrons. The third-order valence-electron chi connectivity index (χ3n) is 3.83. The van der Waals surface area contributed by atoms with Crippen LogP contribution in [0.2, 0.25) is 0 Å². The molecule has 0 saturated carbocycles. The molecule has 1 fully saturated rings. The lowest BCUT2D eigenvalue weighted by molar-refractivity contribution is -0.137. The van der Waals surface area contributed by atoms with Gasteiger partial charge in [-0.25, -0.2) is 4.98 Å². The van der Waals surface area contributed by atoms with Gasteiger partial charge >= 0.3 is 6.18 Å². The average Bonchev–Trinajstić information content (AvgIpc) is 3.03. The molecule has 3 heterocycles. The van der Waals surface area contributed by atoms with Crippen molar-refractivity contribution in [3.05, 3.63) is 58.1 Å². The summed E-state index contributed by atoms with van der Waals surface area (Å²) in [6, 6.07) is 4.65. The van der Waals surface area contributed by atoms with E-state index < -0.39 is 29.3 Å². The monoisotopic (exact) mass is 353 g/mol. The van der Waals surface area contributed by atoms with Crippen molar-refractivity contribution < 1.29 is 22.7 Å². The normalized spacial score (nSPS) is 17.6. The van der Waals surface area contributed by atoms with Crippen LogP contribution in [0.3, 0.4) is 0 Å². The standard InChI is InChI=1S/C16H14F3N3O3/c17-16(18,19)10-3-6-20-13(8-10)25-11-4-7-22(9-11)15(24)12-2-1-5-21-14(12)23/h1-3,5-6,8,11H,4,7,9H2,(H,21,23). The number of hydrogen-bond donors (Lipinski definition) is 1. The zero-order valence-electron chi connectivity index (χ0n) is 12.9. The van der Waals surface area contributed by atoms with E-state index in [0.717, 1.165) is 18.3 Å². The summed E-state index contributed by atoms with van der Waals surface area (Å²) in [7, 11) is 0. The summed E-state index contributed by atoms with van der Waals surface area (Å²) >= 11 is 0. The third-order valence-corrected chi connectivity index (χ3v) is 3.83. The van der Waals surface area contributed by atoms with E-state index in [1.54, 1.807) is 6.07 Å². The number of ether oxygens (including phenoxy) is 1. The van der Waals surface area contributed by atoms with E-state index in [0.29, 0.717) is 13.0 Å². The third kappa shape index (κ3) is 3.81. The maximum atomic E-state index is 12.7. The van der Waals surface area contributed by atoms with Crippen LogP contribution in [0.1, 0.15) is 22.3 Å². The molecule has 2 aromatic heterocycles. The number of nitrogens with zero attached hydrogens (tertiary/aromatic N) is 2. The van der Waals surface area contributed by atoms with Crippen LogP contribution < -0.4 is 10.3 Å². The Morgan fingerprint density at radius 3 is 2.88 bits per heavy atom.